The van der Waals surface area contributed by atoms with Crippen molar-refractivity contribution in [2.75, 3.05) is 6.61 Å². The van der Waals surface area contributed by atoms with Gasteiger partial charge in [0.1, 0.15) is 0 Å². The van der Waals surface area contributed by atoms with Crippen LogP contribution in [0.1, 0.15) is 73.1 Å². The first-order valence-electron chi connectivity index (χ1n) is 9.71. The van der Waals surface area contributed by atoms with E-state index in [0.717, 1.165) is 6.61 Å². The van der Waals surface area contributed by atoms with E-state index in [1.54, 1.807) is 0 Å². The molecular weight excluding hydrogens is 300 g/mol. The van der Waals surface area contributed by atoms with Gasteiger partial charge in [0.25, 0.3) is 0 Å². The molecule has 3 aliphatic rings. The van der Waals surface area contributed by atoms with Crippen LogP contribution >= 0.6 is 0 Å². The standard InChI is InChI=1S/C21H34O3/c1-6-16-17(21(5)11-7-10-20(3,4)13-21)9-8-15-12-23-19(18(15)16)24-14(2)22/h6,15,17-19H,7-13H2,1-5H3/b16-6-/t15-,17-,18+,19+,21-/m0/s1. The third-order valence-corrected chi connectivity index (χ3v) is 6.83. The molecular formula is C21H34O3. The second-order valence-electron chi connectivity index (χ2n) is 9.36. The van der Waals surface area contributed by atoms with E-state index in [0.29, 0.717) is 22.7 Å². The number of hydrogen-bond acceptors (Lipinski definition) is 3. The van der Waals surface area contributed by atoms with Crippen LogP contribution in [-0.2, 0) is 14.3 Å². The molecule has 0 amide bonds. The summed E-state index contributed by atoms with van der Waals surface area (Å²) >= 11 is 0. The van der Waals surface area contributed by atoms with Crippen LogP contribution in [0, 0.1) is 28.6 Å². The smallest absolute Gasteiger partial charge is 0.304 e. The number of esters is 1. The fourth-order valence-corrected chi connectivity index (χ4v) is 6.07. The van der Waals surface area contributed by atoms with Gasteiger partial charge in [-0.2, -0.15) is 0 Å². The second kappa shape index (κ2) is 6.48. The summed E-state index contributed by atoms with van der Waals surface area (Å²) < 4.78 is 11.4. The van der Waals surface area contributed by atoms with Crippen LogP contribution in [0.25, 0.3) is 0 Å². The molecule has 0 N–H and O–H groups in total. The maximum atomic E-state index is 11.5. The summed E-state index contributed by atoms with van der Waals surface area (Å²) in [4.78, 5) is 11.5. The first-order chi connectivity index (χ1) is 11.3. The molecule has 0 unspecified atom stereocenters. The van der Waals surface area contributed by atoms with E-state index >= 15 is 0 Å². The molecule has 24 heavy (non-hydrogen) atoms. The summed E-state index contributed by atoms with van der Waals surface area (Å²) in [6, 6.07) is 0. The summed E-state index contributed by atoms with van der Waals surface area (Å²) in [6.07, 6.45) is 9.65. The van der Waals surface area contributed by atoms with Gasteiger partial charge in [0.15, 0.2) is 0 Å². The maximum absolute atomic E-state index is 11.5. The zero-order valence-corrected chi connectivity index (χ0v) is 16.1. The van der Waals surface area contributed by atoms with E-state index in [1.165, 1.54) is 51.0 Å². The molecule has 0 aromatic heterocycles. The van der Waals surface area contributed by atoms with Crippen LogP contribution in [-0.4, -0.2) is 18.9 Å². The topological polar surface area (TPSA) is 35.5 Å². The lowest BCUT2D eigenvalue weighted by Gasteiger charge is -2.51. The SMILES string of the molecule is C/C=C1\[C@H]2[C@@H](CC[C@@H]1[C@@]1(C)CCCC(C)(C)C1)CO[C@@H]2OC(C)=O. The van der Waals surface area contributed by atoms with Crippen molar-refractivity contribution in [2.24, 2.45) is 28.6 Å². The summed E-state index contributed by atoms with van der Waals surface area (Å²) in [6.45, 7) is 11.7. The quantitative estimate of drug-likeness (QED) is 0.520. The molecule has 0 aromatic rings. The van der Waals surface area contributed by atoms with Crippen molar-refractivity contribution in [2.45, 2.75) is 79.4 Å². The molecule has 1 aliphatic heterocycles. The number of allylic oxidation sites excluding steroid dienone is 1. The molecule has 1 heterocycles. The fourth-order valence-electron chi connectivity index (χ4n) is 6.07. The van der Waals surface area contributed by atoms with Crippen molar-refractivity contribution in [3.63, 3.8) is 0 Å². The molecule has 3 fully saturated rings. The molecule has 5 atom stereocenters. The zero-order valence-electron chi connectivity index (χ0n) is 16.1. The minimum absolute atomic E-state index is 0.233. The summed E-state index contributed by atoms with van der Waals surface area (Å²) in [7, 11) is 0. The number of ether oxygens (including phenoxy) is 2. The van der Waals surface area contributed by atoms with Crippen LogP contribution < -0.4 is 0 Å². The Kier molecular flexibility index (Phi) is 4.85. The summed E-state index contributed by atoms with van der Waals surface area (Å²) in [5.74, 6) is 1.14. The number of hydrogen-bond donors (Lipinski definition) is 0. The highest BCUT2D eigenvalue weighted by molar-refractivity contribution is 5.66. The fraction of sp³-hybridized carbons (Fsp3) is 0.857. The van der Waals surface area contributed by atoms with Crippen LogP contribution in [0.3, 0.4) is 0 Å². The normalized spacial score (nSPS) is 43.5. The van der Waals surface area contributed by atoms with Crippen molar-refractivity contribution in [1.29, 1.82) is 0 Å². The average molecular weight is 334 g/mol. The molecule has 0 aromatic carbocycles. The van der Waals surface area contributed by atoms with E-state index in [4.69, 9.17) is 9.47 Å². The first kappa shape index (κ1) is 18.0. The van der Waals surface area contributed by atoms with Crippen LogP contribution in [0.4, 0.5) is 0 Å². The minimum Gasteiger partial charge on any atom is -0.435 e. The number of fused-ring (bicyclic) bond motifs is 1. The lowest BCUT2D eigenvalue weighted by molar-refractivity contribution is -0.172. The van der Waals surface area contributed by atoms with E-state index < -0.39 is 0 Å². The molecule has 3 heteroatoms. The van der Waals surface area contributed by atoms with Crippen molar-refractivity contribution in [1.82, 2.24) is 0 Å². The Morgan fingerprint density at radius 3 is 2.62 bits per heavy atom. The van der Waals surface area contributed by atoms with Crippen molar-refractivity contribution < 1.29 is 14.3 Å². The lowest BCUT2D eigenvalue weighted by Crippen LogP contribution is -2.43. The molecule has 0 bridgehead atoms. The van der Waals surface area contributed by atoms with Crippen molar-refractivity contribution in [3.05, 3.63) is 11.6 Å². The number of carbonyl (C=O) groups is 1. The van der Waals surface area contributed by atoms with E-state index in [-0.39, 0.29) is 18.2 Å². The van der Waals surface area contributed by atoms with Gasteiger partial charge in [-0.3, -0.25) is 4.79 Å². The van der Waals surface area contributed by atoms with Gasteiger partial charge in [0, 0.05) is 12.8 Å². The highest BCUT2D eigenvalue weighted by Gasteiger charge is 2.51. The molecule has 3 nitrogen and oxygen atoms in total. The highest BCUT2D eigenvalue weighted by Crippen LogP contribution is 2.58. The Balaban J connectivity index is 1.86. The summed E-state index contributed by atoms with van der Waals surface area (Å²) in [5, 5.41) is 0. The van der Waals surface area contributed by atoms with E-state index in [1.807, 2.05) is 0 Å². The first-order valence-corrected chi connectivity index (χ1v) is 9.71. The van der Waals surface area contributed by atoms with Gasteiger partial charge in [-0.05, 0) is 61.7 Å². The largest absolute Gasteiger partial charge is 0.435 e. The molecule has 0 radical (unpaired) electrons. The second-order valence-corrected chi connectivity index (χ2v) is 9.36. The number of carbonyl (C=O) groups excluding carboxylic acids is 1. The van der Waals surface area contributed by atoms with E-state index in [9.17, 15) is 4.79 Å². The Morgan fingerprint density at radius 2 is 2.00 bits per heavy atom. The Morgan fingerprint density at radius 1 is 1.25 bits per heavy atom. The lowest BCUT2D eigenvalue weighted by atomic mass is 9.54. The predicted molar refractivity (Wildman–Crippen MR) is 95.3 cm³/mol. The Hall–Kier alpha value is -0.830. The van der Waals surface area contributed by atoms with Gasteiger partial charge in [0.2, 0.25) is 6.29 Å². The van der Waals surface area contributed by atoms with Crippen LogP contribution in [0.15, 0.2) is 11.6 Å². The van der Waals surface area contributed by atoms with Gasteiger partial charge < -0.3 is 9.47 Å². The van der Waals surface area contributed by atoms with Gasteiger partial charge in [-0.15, -0.1) is 0 Å². The van der Waals surface area contributed by atoms with Crippen LogP contribution in [0.5, 0.6) is 0 Å². The minimum atomic E-state index is -0.373. The van der Waals surface area contributed by atoms with Gasteiger partial charge in [0.05, 0.1) is 6.61 Å². The molecule has 2 aliphatic carbocycles. The predicted octanol–water partition coefficient (Wildman–Crippen LogP) is 5.10. The molecule has 3 rings (SSSR count). The third kappa shape index (κ3) is 3.29. The van der Waals surface area contributed by atoms with E-state index in [2.05, 4.69) is 33.8 Å². The average Bonchev–Trinajstić information content (AvgIpc) is 2.87. The number of rotatable bonds is 2. The monoisotopic (exact) mass is 334 g/mol. The molecule has 2 saturated carbocycles. The summed E-state index contributed by atoms with van der Waals surface area (Å²) in [5.41, 5.74) is 2.29. The molecule has 0 spiro atoms. The van der Waals surface area contributed by atoms with Gasteiger partial charge in [-0.25, -0.2) is 0 Å². The van der Waals surface area contributed by atoms with Crippen molar-refractivity contribution in [3.8, 4) is 0 Å². The van der Waals surface area contributed by atoms with Gasteiger partial charge >= 0.3 is 5.97 Å². The third-order valence-electron chi connectivity index (χ3n) is 6.83. The van der Waals surface area contributed by atoms with Crippen LogP contribution in [0.2, 0.25) is 0 Å². The Labute approximate surface area is 147 Å². The van der Waals surface area contributed by atoms with Gasteiger partial charge in [-0.1, -0.05) is 38.8 Å². The Bertz CT molecular complexity index is 521. The molecule has 1 saturated heterocycles. The zero-order chi connectivity index (χ0) is 17.5. The maximum Gasteiger partial charge on any atom is 0.304 e. The highest BCUT2D eigenvalue weighted by atomic mass is 16.7. The van der Waals surface area contributed by atoms with Crippen molar-refractivity contribution >= 4 is 5.97 Å². The molecule has 136 valence electrons.